The number of carbonyl (C=O) groups excluding carboxylic acids is 1. The van der Waals surface area contributed by atoms with Crippen LogP contribution in [0.15, 0.2) is 55.7 Å². The number of furan rings is 1. The predicted octanol–water partition coefficient (Wildman–Crippen LogP) is 0.392. The van der Waals surface area contributed by atoms with Gasteiger partial charge in [-0.05, 0) is 37.1 Å². The van der Waals surface area contributed by atoms with E-state index in [9.17, 15) is 22.8 Å². The monoisotopic (exact) mass is 418 g/mol. The molecule has 152 valence electrons. The smallest absolute Gasteiger partial charge is 0.326 e. The summed E-state index contributed by atoms with van der Waals surface area (Å²) in [4.78, 5) is 41.7. The van der Waals surface area contributed by atoms with Gasteiger partial charge in [-0.15, -0.1) is 0 Å². The molecule has 1 saturated heterocycles. The summed E-state index contributed by atoms with van der Waals surface area (Å²) < 4.78 is 33.0. The van der Waals surface area contributed by atoms with Crippen molar-refractivity contribution in [2.75, 3.05) is 13.1 Å². The van der Waals surface area contributed by atoms with Gasteiger partial charge in [0.05, 0.1) is 27.6 Å². The summed E-state index contributed by atoms with van der Waals surface area (Å²) in [5.74, 6) is -0.150. The van der Waals surface area contributed by atoms with E-state index in [4.69, 9.17) is 4.42 Å². The second kappa shape index (κ2) is 7.33. The van der Waals surface area contributed by atoms with E-state index in [-0.39, 0.29) is 27.7 Å². The molecule has 0 radical (unpaired) electrons. The number of aromatic nitrogens is 2. The Morgan fingerprint density at radius 3 is 2.59 bits per heavy atom. The molecule has 0 bridgehead atoms. The zero-order valence-electron chi connectivity index (χ0n) is 15.2. The molecule has 1 aliphatic rings. The summed E-state index contributed by atoms with van der Waals surface area (Å²) in [5.41, 5.74) is -0.605. The van der Waals surface area contributed by atoms with Crippen molar-refractivity contribution in [1.29, 1.82) is 0 Å². The quantitative estimate of drug-likeness (QED) is 0.559. The summed E-state index contributed by atoms with van der Waals surface area (Å²) in [7, 11) is -3.87. The lowest BCUT2D eigenvalue weighted by atomic mass is 10.1. The van der Waals surface area contributed by atoms with Gasteiger partial charge in [0, 0.05) is 19.1 Å². The lowest BCUT2D eigenvalue weighted by molar-refractivity contribution is 0.0710. The standard InChI is InChI=1S/C18H18N4O6S/c23-16-14-9-13(1-2-15(14)19-18(25)20-16)29(26,27)21-12-3-6-22(7-4-12)17(24)11-5-8-28-10-11/h1-2,5,8-10,12,21H,3-4,6-7H2,(H2,19,20,23,25). The van der Waals surface area contributed by atoms with Gasteiger partial charge in [0.25, 0.3) is 11.5 Å². The fraction of sp³-hybridized carbons (Fsp3) is 0.278. The maximum Gasteiger partial charge on any atom is 0.326 e. The molecule has 1 aliphatic heterocycles. The van der Waals surface area contributed by atoms with Gasteiger partial charge >= 0.3 is 5.69 Å². The second-order valence-corrected chi connectivity index (χ2v) is 8.53. The number of benzene rings is 1. The van der Waals surface area contributed by atoms with Crippen LogP contribution in [0.25, 0.3) is 10.9 Å². The van der Waals surface area contributed by atoms with Gasteiger partial charge in [-0.3, -0.25) is 14.6 Å². The zero-order valence-corrected chi connectivity index (χ0v) is 16.0. The number of amides is 1. The third kappa shape index (κ3) is 3.87. The van der Waals surface area contributed by atoms with Crippen LogP contribution in [0.5, 0.6) is 0 Å². The predicted molar refractivity (Wildman–Crippen MR) is 103 cm³/mol. The Kier molecular flexibility index (Phi) is 4.84. The molecule has 4 rings (SSSR count). The van der Waals surface area contributed by atoms with Crippen molar-refractivity contribution in [2.24, 2.45) is 0 Å². The van der Waals surface area contributed by atoms with E-state index in [1.165, 1.54) is 30.7 Å². The van der Waals surface area contributed by atoms with Crippen molar-refractivity contribution in [1.82, 2.24) is 19.6 Å². The first kappa shape index (κ1) is 19.2. The lowest BCUT2D eigenvalue weighted by Gasteiger charge is -2.32. The van der Waals surface area contributed by atoms with Crippen LogP contribution in [0.4, 0.5) is 0 Å². The number of aromatic amines is 2. The third-order valence-electron chi connectivity index (χ3n) is 4.89. The van der Waals surface area contributed by atoms with Gasteiger partial charge in [0.1, 0.15) is 6.26 Å². The molecule has 29 heavy (non-hydrogen) atoms. The third-order valence-corrected chi connectivity index (χ3v) is 6.41. The van der Waals surface area contributed by atoms with Gasteiger partial charge < -0.3 is 14.3 Å². The number of hydrogen-bond donors (Lipinski definition) is 3. The Bertz CT molecular complexity index is 1270. The molecule has 0 unspecified atom stereocenters. The van der Waals surface area contributed by atoms with Crippen LogP contribution in [-0.2, 0) is 10.0 Å². The lowest BCUT2D eigenvalue weighted by Crippen LogP contribution is -2.46. The number of H-pyrrole nitrogens is 2. The van der Waals surface area contributed by atoms with Crippen molar-refractivity contribution >= 4 is 26.8 Å². The van der Waals surface area contributed by atoms with Crippen molar-refractivity contribution in [2.45, 2.75) is 23.8 Å². The maximum atomic E-state index is 12.7. The molecule has 3 N–H and O–H groups in total. The van der Waals surface area contributed by atoms with Crippen molar-refractivity contribution in [3.8, 4) is 0 Å². The first-order chi connectivity index (χ1) is 13.8. The highest BCUT2D eigenvalue weighted by Gasteiger charge is 2.27. The highest BCUT2D eigenvalue weighted by atomic mass is 32.2. The molecule has 3 aromatic rings. The summed E-state index contributed by atoms with van der Waals surface area (Å²) in [6.07, 6.45) is 3.73. The largest absolute Gasteiger partial charge is 0.472 e. The average Bonchev–Trinajstić information content (AvgIpc) is 3.22. The molecule has 1 amide bonds. The fourth-order valence-electron chi connectivity index (χ4n) is 3.37. The van der Waals surface area contributed by atoms with Crippen LogP contribution in [0.2, 0.25) is 0 Å². The van der Waals surface area contributed by atoms with E-state index in [0.717, 1.165) is 0 Å². The Balaban J connectivity index is 1.47. The molecule has 0 atom stereocenters. The normalized spacial score (nSPS) is 15.7. The van der Waals surface area contributed by atoms with Gasteiger partial charge in [-0.2, -0.15) is 0 Å². The molecule has 0 spiro atoms. The molecule has 11 heteroatoms. The van der Waals surface area contributed by atoms with Crippen LogP contribution in [0, 0.1) is 0 Å². The van der Waals surface area contributed by atoms with E-state index in [0.29, 0.717) is 31.5 Å². The number of rotatable bonds is 4. The van der Waals surface area contributed by atoms with E-state index in [2.05, 4.69) is 14.7 Å². The minimum atomic E-state index is -3.87. The number of likely N-dealkylation sites (tertiary alicyclic amines) is 1. The van der Waals surface area contributed by atoms with Crippen LogP contribution >= 0.6 is 0 Å². The maximum absolute atomic E-state index is 12.7. The van der Waals surface area contributed by atoms with Crippen molar-refractivity contribution < 1.29 is 17.6 Å². The van der Waals surface area contributed by atoms with E-state index in [1.54, 1.807) is 11.0 Å². The topological polar surface area (TPSA) is 145 Å². The average molecular weight is 418 g/mol. The number of piperidine rings is 1. The highest BCUT2D eigenvalue weighted by molar-refractivity contribution is 7.89. The Morgan fingerprint density at radius 1 is 1.14 bits per heavy atom. The summed E-state index contributed by atoms with van der Waals surface area (Å²) in [5, 5.41) is 0.0769. The molecule has 0 aliphatic carbocycles. The molecule has 0 saturated carbocycles. The number of hydrogen-bond acceptors (Lipinski definition) is 6. The van der Waals surface area contributed by atoms with Crippen LogP contribution in [0.1, 0.15) is 23.2 Å². The number of nitrogens with one attached hydrogen (secondary N) is 3. The molecule has 1 aromatic carbocycles. The highest BCUT2D eigenvalue weighted by Crippen LogP contribution is 2.18. The Hall–Kier alpha value is -3.18. The number of sulfonamides is 1. The molecule has 10 nitrogen and oxygen atoms in total. The van der Waals surface area contributed by atoms with E-state index >= 15 is 0 Å². The SMILES string of the molecule is O=C(c1ccoc1)N1CCC(NS(=O)(=O)c2ccc3[nH]c(=O)[nH]c(=O)c3c2)CC1. The first-order valence-corrected chi connectivity index (χ1v) is 10.4. The van der Waals surface area contributed by atoms with E-state index in [1.807, 2.05) is 0 Å². The number of carbonyl (C=O) groups is 1. The summed E-state index contributed by atoms with van der Waals surface area (Å²) in [6.45, 7) is 0.825. The molecular weight excluding hydrogens is 400 g/mol. The van der Waals surface area contributed by atoms with Gasteiger partial charge in [0.15, 0.2) is 0 Å². The molecule has 1 fully saturated rings. The molecular formula is C18H18N4O6S. The van der Waals surface area contributed by atoms with Crippen LogP contribution < -0.4 is 16.0 Å². The fourth-order valence-corrected chi connectivity index (χ4v) is 4.70. The van der Waals surface area contributed by atoms with Crippen molar-refractivity contribution in [3.05, 3.63) is 63.2 Å². The minimum absolute atomic E-state index is 0.0700. The van der Waals surface area contributed by atoms with Crippen LogP contribution in [0.3, 0.4) is 0 Å². The first-order valence-electron chi connectivity index (χ1n) is 8.94. The van der Waals surface area contributed by atoms with Gasteiger partial charge in [0.2, 0.25) is 10.0 Å². The zero-order chi connectivity index (χ0) is 20.6. The summed E-state index contributed by atoms with van der Waals surface area (Å²) >= 11 is 0. The van der Waals surface area contributed by atoms with Gasteiger partial charge in [-0.25, -0.2) is 17.9 Å². The summed E-state index contributed by atoms with van der Waals surface area (Å²) in [6, 6.07) is 5.19. The van der Waals surface area contributed by atoms with E-state index < -0.39 is 21.3 Å². The van der Waals surface area contributed by atoms with Crippen molar-refractivity contribution in [3.63, 3.8) is 0 Å². The minimum Gasteiger partial charge on any atom is -0.472 e. The molecule has 3 heterocycles. The second-order valence-electron chi connectivity index (χ2n) is 6.82. The molecule has 2 aromatic heterocycles. The Labute approximate surface area is 164 Å². The van der Waals surface area contributed by atoms with Gasteiger partial charge in [-0.1, -0.05) is 0 Å². The van der Waals surface area contributed by atoms with Crippen LogP contribution in [-0.4, -0.2) is 48.3 Å². The Morgan fingerprint density at radius 2 is 1.90 bits per heavy atom. The number of fused-ring (bicyclic) bond motifs is 1. The number of nitrogens with zero attached hydrogens (tertiary/aromatic N) is 1.